The molecule has 37 heavy (non-hydrogen) atoms. The molecule has 1 amide bonds. The van der Waals surface area contributed by atoms with E-state index in [0.29, 0.717) is 29.2 Å². The summed E-state index contributed by atoms with van der Waals surface area (Å²) in [6, 6.07) is 16.8. The lowest BCUT2D eigenvalue weighted by atomic mass is 10.1. The van der Waals surface area contributed by atoms with Crippen LogP contribution in [-0.2, 0) is 34.1 Å². The van der Waals surface area contributed by atoms with Crippen LogP contribution in [0.4, 0.5) is 13.2 Å². The largest absolute Gasteiger partial charge is 0.489 e. The number of rotatable bonds is 8. The quantitative estimate of drug-likeness (QED) is 0.406. The summed E-state index contributed by atoms with van der Waals surface area (Å²) in [6.07, 6.45) is -3.43. The standard InChI is InChI=1S/C26H24ClF3N2O4S/c27-21-5-2-7-23(15-21)37(34,35)32-13-3-8-24(32)25(33)31-16-19-4-1-6-22(14-19)36-17-18-9-11-20(12-10-18)26(28,29)30/h1-2,4-7,9-12,14-15,24H,3,8,13,16-17H2,(H,31,33)/t24-/m0/s1. The maximum Gasteiger partial charge on any atom is 0.416 e. The summed E-state index contributed by atoms with van der Waals surface area (Å²) in [5, 5.41) is 3.09. The van der Waals surface area contributed by atoms with Crippen LogP contribution < -0.4 is 10.1 Å². The number of hydrogen-bond acceptors (Lipinski definition) is 4. The molecule has 3 aromatic carbocycles. The average Bonchev–Trinajstić information content (AvgIpc) is 3.37. The van der Waals surface area contributed by atoms with Crippen LogP contribution in [0.1, 0.15) is 29.5 Å². The molecule has 0 radical (unpaired) electrons. The molecule has 196 valence electrons. The minimum absolute atomic E-state index is 0.0394. The topological polar surface area (TPSA) is 75.7 Å². The Bertz CT molecular complexity index is 1360. The minimum Gasteiger partial charge on any atom is -0.489 e. The molecule has 4 rings (SSSR count). The first-order valence-electron chi connectivity index (χ1n) is 11.5. The molecule has 0 unspecified atom stereocenters. The van der Waals surface area contributed by atoms with Crippen LogP contribution in [0.25, 0.3) is 0 Å². The fraction of sp³-hybridized carbons (Fsp3) is 0.269. The van der Waals surface area contributed by atoms with Crippen LogP contribution in [0.2, 0.25) is 5.02 Å². The lowest BCUT2D eigenvalue weighted by molar-refractivity contribution is -0.137. The first-order chi connectivity index (χ1) is 17.5. The number of carbonyl (C=O) groups excluding carboxylic acids is 1. The van der Waals surface area contributed by atoms with Gasteiger partial charge in [-0.2, -0.15) is 17.5 Å². The van der Waals surface area contributed by atoms with Gasteiger partial charge in [0.25, 0.3) is 0 Å². The maximum atomic E-state index is 13.1. The third kappa shape index (κ3) is 6.63. The van der Waals surface area contributed by atoms with Gasteiger partial charge in [0.2, 0.25) is 15.9 Å². The number of hydrogen-bond donors (Lipinski definition) is 1. The van der Waals surface area contributed by atoms with Crippen LogP contribution >= 0.6 is 11.6 Å². The van der Waals surface area contributed by atoms with Crippen LogP contribution in [0.3, 0.4) is 0 Å². The van der Waals surface area contributed by atoms with Crippen molar-refractivity contribution in [3.8, 4) is 5.75 Å². The molecule has 1 saturated heterocycles. The van der Waals surface area contributed by atoms with Crippen molar-refractivity contribution < 1.29 is 31.1 Å². The number of benzene rings is 3. The Labute approximate surface area is 218 Å². The fourth-order valence-corrected chi connectivity index (χ4v) is 6.02. The molecule has 1 N–H and O–H groups in total. The summed E-state index contributed by atoms with van der Waals surface area (Å²) >= 11 is 5.95. The van der Waals surface area contributed by atoms with E-state index in [-0.39, 0.29) is 24.6 Å². The van der Waals surface area contributed by atoms with Crippen molar-refractivity contribution in [1.82, 2.24) is 9.62 Å². The molecular weight excluding hydrogens is 529 g/mol. The molecule has 0 saturated carbocycles. The Morgan fingerprint density at radius 3 is 2.46 bits per heavy atom. The molecule has 1 atom stereocenters. The zero-order chi connectivity index (χ0) is 26.6. The first-order valence-corrected chi connectivity index (χ1v) is 13.3. The monoisotopic (exact) mass is 552 g/mol. The summed E-state index contributed by atoms with van der Waals surface area (Å²) in [5.74, 6) is 0.0804. The average molecular weight is 553 g/mol. The van der Waals surface area contributed by atoms with E-state index in [4.69, 9.17) is 16.3 Å². The number of halogens is 4. The zero-order valence-corrected chi connectivity index (χ0v) is 21.1. The van der Waals surface area contributed by atoms with Gasteiger partial charge in [0, 0.05) is 18.1 Å². The van der Waals surface area contributed by atoms with Gasteiger partial charge in [-0.15, -0.1) is 0 Å². The highest BCUT2D eigenvalue weighted by molar-refractivity contribution is 7.89. The summed E-state index contributed by atoms with van der Waals surface area (Å²) in [6.45, 7) is 0.463. The Kier molecular flexibility index (Phi) is 8.11. The van der Waals surface area contributed by atoms with Crippen LogP contribution in [0, 0.1) is 0 Å². The predicted molar refractivity (Wildman–Crippen MR) is 132 cm³/mol. The summed E-state index contributed by atoms with van der Waals surface area (Å²) in [4.78, 5) is 13.0. The molecule has 1 aliphatic rings. The lowest BCUT2D eigenvalue weighted by Crippen LogP contribution is -2.45. The van der Waals surface area contributed by atoms with Gasteiger partial charge in [0.15, 0.2) is 0 Å². The van der Waals surface area contributed by atoms with Crippen molar-refractivity contribution >= 4 is 27.5 Å². The fourth-order valence-electron chi connectivity index (χ4n) is 4.06. The van der Waals surface area contributed by atoms with E-state index in [0.717, 1.165) is 17.7 Å². The smallest absolute Gasteiger partial charge is 0.416 e. The molecule has 1 heterocycles. The highest BCUT2D eigenvalue weighted by atomic mass is 35.5. The molecule has 0 aromatic heterocycles. The van der Waals surface area contributed by atoms with E-state index in [1.807, 2.05) is 0 Å². The summed E-state index contributed by atoms with van der Waals surface area (Å²) in [7, 11) is -3.88. The lowest BCUT2D eigenvalue weighted by Gasteiger charge is -2.23. The van der Waals surface area contributed by atoms with Gasteiger partial charge in [0.05, 0.1) is 10.5 Å². The van der Waals surface area contributed by atoms with Crippen molar-refractivity contribution in [2.75, 3.05) is 6.54 Å². The third-order valence-corrected chi connectivity index (χ3v) is 8.10. The number of ether oxygens (including phenoxy) is 1. The Morgan fingerprint density at radius 2 is 1.76 bits per heavy atom. The van der Waals surface area contributed by atoms with Gasteiger partial charge in [-0.05, 0) is 66.4 Å². The highest BCUT2D eigenvalue weighted by Crippen LogP contribution is 2.30. The number of sulfonamides is 1. The number of alkyl halides is 3. The Morgan fingerprint density at radius 1 is 1.03 bits per heavy atom. The van der Waals surface area contributed by atoms with Crippen molar-refractivity contribution in [3.05, 3.63) is 94.5 Å². The van der Waals surface area contributed by atoms with E-state index in [1.165, 1.54) is 28.6 Å². The molecule has 0 aliphatic carbocycles. The van der Waals surface area contributed by atoms with Gasteiger partial charge in [0.1, 0.15) is 18.4 Å². The molecule has 1 fully saturated rings. The van der Waals surface area contributed by atoms with Gasteiger partial charge in [-0.3, -0.25) is 4.79 Å². The zero-order valence-electron chi connectivity index (χ0n) is 19.5. The van der Waals surface area contributed by atoms with Crippen molar-refractivity contribution in [1.29, 1.82) is 0 Å². The van der Waals surface area contributed by atoms with E-state index >= 15 is 0 Å². The predicted octanol–water partition coefficient (Wildman–Crippen LogP) is 5.41. The van der Waals surface area contributed by atoms with E-state index in [2.05, 4.69) is 5.32 Å². The number of carbonyl (C=O) groups is 1. The number of amides is 1. The number of nitrogens with zero attached hydrogens (tertiary/aromatic N) is 1. The van der Waals surface area contributed by atoms with E-state index in [1.54, 1.807) is 36.4 Å². The molecule has 11 heteroatoms. The minimum atomic E-state index is -4.40. The van der Waals surface area contributed by atoms with Crippen molar-refractivity contribution in [2.45, 2.75) is 43.1 Å². The molecule has 6 nitrogen and oxygen atoms in total. The molecule has 3 aromatic rings. The third-order valence-electron chi connectivity index (χ3n) is 5.96. The molecule has 0 bridgehead atoms. The van der Waals surface area contributed by atoms with Crippen molar-refractivity contribution in [3.63, 3.8) is 0 Å². The first kappa shape index (κ1) is 27.0. The SMILES string of the molecule is O=C(NCc1cccc(OCc2ccc(C(F)(F)F)cc2)c1)[C@@H]1CCCN1S(=O)(=O)c1cccc(Cl)c1. The normalized spacial score (nSPS) is 16.5. The summed E-state index contributed by atoms with van der Waals surface area (Å²) < 4.78 is 71.2. The van der Waals surface area contributed by atoms with E-state index < -0.39 is 33.7 Å². The van der Waals surface area contributed by atoms with Gasteiger partial charge in [-0.1, -0.05) is 41.9 Å². The Hall–Kier alpha value is -3.08. The van der Waals surface area contributed by atoms with Gasteiger partial charge >= 0.3 is 6.18 Å². The van der Waals surface area contributed by atoms with E-state index in [9.17, 15) is 26.4 Å². The maximum absolute atomic E-state index is 13.1. The summed E-state index contributed by atoms with van der Waals surface area (Å²) in [5.41, 5.74) is 0.574. The second-order valence-electron chi connectivity index (χ2n) is 8.58. The second-order valence-corrected chi connectivity index (χ2v) is 10.9. The van der Waals surface area contributed by atoms with Gasteiger partial charge < -0.3 is 10.1 Å². The molecule has 0 spiro atoms. The molecule has 1 aliphatic heterocycles. The van der Waals surface area contributed by atoms with Crippen molar-refractivity contribution in [2.24, 2.45) is 0 Å². The van der Waals surface area contributed by atoms with Crippen LogP contribution in [-0.4, -0.2) is 31.2 Å². The highest BCUT2D eigenvalue weighted by Gasteiger charge is 2.39. The number of nitrogens with one attached hydrogen (secondary N) is 1. The van der Waals surface area contributed by atoms with Crippen LogP contribution in [0.5, 0.6) is 5.75 Å². The van der Waals surface area contributed by atoms with Crippen LogP contribution in [0.15, 0.2) is 77.7 Å². The molecular formula is C26H24ClF3N2O4S. The van der Waals surface area contributed by atoms with Gasteiger partial charge in [-0.25, -0.2) is 8.42 Å². The Balaban J connectivity index is 1.35. The second kappa shape index (κ2) is 11.1.